The molecule has 0 bridgehead atoms. The Morgan fingerprint density at radius 2 is 2.00 bits per heavy atom. The average Bonchev–Trinajstić information content (AvgIpc) is 2.91. The number of aliphatic hydroxyl groups excluding tert-OH is 1. The fourth-order valence-electron chi connectivity index (χ4n) is 3.39. The number of aromatic nitrogens is 1. The van der Waals surface area contributed by atoms with Crippen LogP contribution >= 0.6 is 0 Å². The molecule has 1 aliphatic rings. The zero-order chi connectivity index (χ0) is 18.0. The standard InChI is InChI=1S/C20H26N2O3/c1-14-9-19(16(3)21(14)10-17-7-5-4-6-8-17)20(24)22-11-18(12-23)25-13-15(22)2/h4-9,15,18,23H,10-13H2,1-3H3. The van der Waals surface area contributed by atoms with Gasteiger partial charge in [0, 0.05) is 24.5 Å². The van der Waals surface area contributed by atoms with Gasteiger partial charge in [0.2, 0.25) is 0 Å². The number of rotatable bonds is 4. The summed E-state index contributed by atoms with van der Waals surface area (Å²) in [5, 5.41) is 9.35. The molecule has 1 fully saturated rings. The molecular weight excluding hydrogens is 316 g/mol. The Hall–Kier alpha value is -2.11. The van der Waals surface area contributed by atoms with Crippen molar-refractivity contribution in [3.05, 3.63) is 58.9 Å². The van der Waals surface area contributed by atoms with Crippen molar-refractivity contribution in [2.75, 3.05) is 19.8 Å². The third-order valence-electron chi connectivity index (χ3n) is 4.96. The van der Waals surface area contributed by atoms with E-state index in [9.17, 15) is 9.90 Å². The molecule has 2 unspecified atom stereocenters. The molecule has 3 rings (SSSR count). The van der Waals surface area contributed by atoms with E-state index in [0.29, 0.717) is 13.2 Å². The fraction of sp³-hybridized carbons (Fsp3) is 0.450. The number of aliphatic hydroxyl groups is 1. The second kappa shape index (κ2) is 7.42. The highest BCUT2D eigenvalue weighted by molar-refractivity contribution is 5.96. The van der Waals surface area contributed by atoms with Gasteiger partial charge in [-0.25, -0.2) is 0 Å². The van der Waals surface area contributed by atoms with Gasteiger partial charge < -0.3 is 19.3 Å². The summed E-state index contributed by atoms with van der Waals surface area (Å²) in [6.45, 7) is 7.59. The molecule has 25 heavy (non-hydrogen) atoms. The lowest BCUT2D eigenvalue weighted by molar-refractivity contribution is -0.0667. The van der Waals surface area contributed by atoms with Crippen LogP contribution < -0.4 is 0 Å². The summed E-state index contributed by atoms with van der Waals surface area (Å²) in [5.41, 5.74) is 4.00. The predicted molar refractivity (Wildman–Crippen MR) is 96.8 cm³/mol. The topological polar surface area (TPSA) is 54.7 Å². The van der Waals surface area contributed by atoms with E-state index in [-0.39, 0.29) is 24.7 Å². The van der Waals surface area contributed by atoms with Crippen molar-refractivity contribution >= 4 is 5.91 Å². The summed E-state index contributed by atoms with van der Waals surface area (Å²) in [7, 11) is 0. The van der Waals surface area contributed by atoms with Crippen molar-refractivity contribution in [2.45, 2.75) is 39.5 Å². The first-order chi connectivity index (χ1) is 12.0. The highest BCUT2D eigenvalue weighted by Gasteiger charge is 2.31. The first-order valence-corrected chi connectivity index (χ1v) is 8.75. The maximum Gasteiger partial charge on any atom is 0.256 e. The number of hydrogen-bond donors (Lipinski definition) is 1. The maximum absolute atomic E-state index is 13.1. The number of carbonyl (C=O) groups is 1. The normalized spacial score (nSPS) is 20.7. The summed E-state index contributed by atoms with van der Waals surface area (Å²) in [4.78, 5) is 14.9. The number of benzene rings is 1. The van der Waals surface area contributed by atoms with Crippen LogP contribution in [0.5, 0.6) is 0 Å². The lowest BCUT2D eigenvalue weighted by atomic mass is 10.1. The number of aryl methyl sites for hydroxylation is 1. The minimum absolute atomic E-state index is 0.00693. The number of nitrogens with zero attached hydrogens (tertiary/aromatic N) is 2. The molecule has 0 spiro atoms. The van der Waals surface area contributed by atoms with Crippen molar-refractivity contribution in [1.82, 2.24) is 9.47 Å². The van der Waals surface area contributed by atoms with Crippen LogP contribution in [0.3, 0.4) is 0 Å². The van der Waals surface area contributed by atoms with Crippen molar-refractivity contribution in [3.63, 3.8) is 0 Å². The Kier molecular flexibility index (Phi) is 5.25. The molecule has 2 atom stereocenters. The second-order valence-corrected chi connectivity index (χ2v) is 6.80. The Bertz CT molecular complexity index is 739. The van der Waals surface area contributed by atoms with Crippen LogP contribution in [-0.4, -0.2) is 52.4 Å². The van der Waals surface area contributed by atoms with Gasteiger partial charge in [-0.15, -0.1) is 0 Å². The molecule has 1 aromatic heterocycles. The van der Waals surface area contributed by atoms with Crippen LogP contribution in [0.4, 0.5) is 0 Å². The predicted octanol–water partition coefficient (Wildman–Crippen LogP) is 2.38. The number of carbonyl (C=O) groups excluding carboxylic acids is 1. The van der Waals surface area contributed by atoms with Crippen molar-refractivity contribution < 1.29 is 14.6 Å². The minimum Gasteiger partial charge on any atom is -0.394 e. The molecule has 1 aromatic carbocycles. The van der Waals surface area contributed by atoms with E-state index >= 15 is 0 Å². The Balaban J connectivity index is 1.85. The van der Waals surface area contributed by atoms with Crippen molar-refractivity contribution in [1.29, 1.82) is 0 Å². The molecule has 1 aliphatic heterocycles. The fourth-order valence-corrected chi connectivity index (χ4v) is 3.39. The lowest BCUT2D eigenvalue weighted by Crippen LogP contribution is -2.52. The first kappa shape index (κ1) is 17.7. The molecule has 134 valence electrons. The Morgan fingerprint density at radius 1 is 1.28 bits per heavy atom. The minimum atomic E-state index is -0.298. The molecule has 1 saturated heterocycles. The quantitative estimate of drug-likeness (QED) is 0.928. The van der Waals surface area contributed by atoms with E-state index in [4.69, 9.17) is 4.74 Å². The number of morpholine rings is 1. The van der Waals surface area contributed by atoms with Crippen LogP contribution in [0, 0.1) is 13.8 Å². The molecule has 5 heteroatoms. The highest BCUT2D eigenvalue weighted by Crippen LogP contribution is 2.22. The SMILES string of the molecule is Cc1cc(C(=O)N2CC(CO)OCC2C)c(C)n1Cc1ccccc1. The molecule has 5 nitrogen and oxygen atoms in total. The summed E-state index contributed by atoms with van der Waals surface area (Å²) in [6, 6.07) is 12.2. The van der Waals surface area contributed by atoms with Crippen molar-refractivity contribution in [3.8, 4) is 0 Å². The zero-order valence-electron chi connectivity index (χ0n) is 15.1. The third-order valence-corrected chi connectivity index (χ3v) is 4.96. The van der Waals surface area contributed by atoms with Gasteiger partial charge in [-0.05, 0) is 32.4 Å². The number of amides is 1. The summed E-state index contributed by atoms with van der Waals surface area (Å²) in [5.74, 6) is 0.0154. The van der Waals surface area contributed by atoms with Gasteiger partial charge in [-0.3, -0.25) is 4.79 Å². The molecular formula is C20H26N2O3. The van der Waals surface area contributed by atoms with Gasteiger partial charge in [-0.1, -0.05) is 30.3 Å². The summed E-state index contributed by atoms with van der Waals surface area (Å²) < 4.78 is 7.72. The molecule has 1 N–H and O–H groups in total. The van der Waals surface area contributed by atoms with Crippen LogP contribution in [0.15, 0.2) is 36.4 Å². The smallest absolute Gasteiger partial charge is 0.256 e. The number of hydrogen-bond acceptors (Lipinski definition) is 3. The van der Waals surface area contributed by atoms with Gasteiger partial charge in [-0.2, -0.15) is 0 Å². The summed E-state index contributed by atoms with van der Waals surface area (Å²) in [6.07, 6.45) is -0.298. The zero-order valence-corrected chi connectivity index (χ0v) is 15.1. The monoisotopic (exact) mass is 342 g/mol. The average molecular weight is 342 g/mol. The van der Waals surface area contributed by atoms with E-state index in [1.165, 1.54) is 5.56 Å². The maximum atomic E-state index is 13.1. The molecule has 1 amide bonds. The first-order valence-electron chi connectivity index (χ1n) is 8.75. The largest absolute Gasteiger partial charge is 0.394 e. The van der Waals surface area contributed by atoms with E-state index < -0.39 is 0 Å². The van der Waals surface area contributed by atoms with E-state index in [1.54, 1.807) is 0 Å². The number of ether oxygens (including phenoxy) is 1. The summed E-state index contributed by atoms with van der Waals surface area (Å²) >= 11 is 0. The van der Waals surface area contributed by atoms with E-state index in [1.807, 2.05) is 49.9 Å². The van der Waals surface area contributed by atoms with Crippen LogP contribution in [0.1, 0.15) is 34.2 Å². The lowest BCUT2D eigenvalue weighted by Gasteiger charge is -2.37. The Labute approximate surface area is 148 Å². The third kappa shape index (κ3) is 3.62. The van der Waals surface area contributed by atoms with Crippen LogP contribution in [0.25, 0.3) is 0 Å². The van der Waals surface area contributed by atoms with Gasteiger partial charge in [0.1, 0.15) is 0 Å². The van der Waals surface area contributed by atoms with Gasteiger partial charge in [0.05, 0.1) is 30.9 Å². The Morgan fingerprint density at radius 3 is 2.68 bits per heavy atom. The van der Waals surface area contributed by atoms with Crippen molar-refractivity contribution in [2.24, 2.45) is 0 Å². The molecule has 2 aromatic rings. The molecule has 2 heterocycles. The van der Waals surface area contributed by atoms with Gasteiger partial charge >= 0.3 is 0 Å². The van der Waals surface area contributed by atoms with Gasteiger partial charge in [0.25, 0.3) is 5.91 Å². The van der Waals surface area contributed by atoms with E-state index in [2.05, 4.69) is 16.7 Å². The second-order valence-electron chi connectivity index (χ2n) is 6.80. The molecule has 0 radical (unpaired) electrons. The van der Waals surface area contributed by atoms with E-state index in [0.717, 1.165) is 23.5 Å². The highest BCUT2D eigenvalue weighted by atomic mass is 16.5. The molecule has 0 aliphatic carbocycles. The van der Waals surface area contributed by atoms with Crippen LogP contribution in [0.2, 0.25) is 0 Å². The van der Waals surface area contributed by atoms with Crippen LogP contribution in [-0.2, 0) is 11.3 Å². The molecule has 0 saturated carbocycles. The van der Waals surface area contributed by atoms with Gasteiger partial charge in [0.15, 0.2) is 0 Å².